The number of carboxylic acids is 1. The van der Waals surface area contributed by atoms with E-state index in [2.05, 4.69) is 10.5 Å². The first-order valence-corrected chi connectivity index (χ1v) is 29.6. The number of aromatic nitrogens is 1. The van der Waals surface area contributed by atoms with E-state index < -0.39 is 125 Å². The van der Waals surface area contributed by atoms with Crippen molar-refractivity contribution in [1.82, 2.24) is 14.8 Å². The highest BCUT2D eigenvalue weighted by atomic mass is 32.2. The Bertz CT molecular complexity index is 2630. The highest BCUT2D eigenvalue weighted by Crippen LogP contribution is 2.42. The van der Waals surface area contributed by atoms with E-state index in [0.717, 1.165) is 10.5 Å². The second-order valence-electron chi connectivity index (χ2n) is 24.2. The van der Waals surface area contributed by atoms with Gasteiger partial charge < -0.3 is 92.5 Å². The van der Waals surface area contributed by atoms with E-state index in [0.29, 0.717) is 23.1 Å². The third-order valence-corrected chi connectivity index (χ3v) is 17.9. The van der Waals surface area contributed by atoms with Crippen LogP contribution in [-0.2, 0) is 69.3 Å². The van der Waals surface area contributed by atoms with Crippen LogP contribution in [0.4, 0.5) is 4.79 Å². The van der Waals surface area contributed by atoms with E-state index in [-0.39, 0.29) is 75.8 Å². The summed E-state index contributed by atoms with van der Waals surface area (Å²) in [6, 6.07) is 3.24. The average Bonchev–Trinajstić information content (AvgIpc) is 1.47. The number of amides is 1. The summed E-state index contributed by atoms with van der Waals surface area (Å²) in [5, 5.41) is 66.0. The lowest BCUT2D eigenvalue weighted by atomic mass is 9.73. The van der Waals surface area contributed by atoms with Crippen LogP contribution in [0.1, 0.15) is 125 Å². The number of oxime groups is 1. The molecule has 25 heteroatoms. The maximum absolute atomic E-state index is 14.7. The third kappa shape index (κ3) is 15.6. The Labute approximate surface area is 491 Å². The Morgan fingerprint density at radius 2 is 1.64 bits per heavy atom. The number of hydrogen-bond acceptors (Lipinski definition) is 22. The lowest BCUT2D eigenvalue weighted by molar-refractivity contribution is -0.317. The molecule has 0 radical (unpaired) electrons. The van der Waals surface area contributed by atoms with Gasteiger partial charge in [0.2, 0.25) is 12.2 Å². The SMILES string of the molecule is CC[C@H]1OC(=O)[C@H](C)[C@@H](O[C@H]2C[C@@](C)(OC)[C@@H](OC(=O)NCCOCCSc3cc4c5c(c3)c(=O)c(C(=O)O)cn5C(C)(C)OC4)[C@H](C)O2)[C@H](C)[C@@H](OC2O[C@H](C)C[C@H](N(C)C)[C@H]2O)[C@](C)(O)C[C@@H](C)C(=NOCOC)[C@H](C)[C@@H](O)[C@]1(C)O. The topological polar surface area (TPSA) is 304 Å². The Hall–Kier alpha value is -4.06. The highest BCUT2D eigenvalue weighted by molar-refractivity contribution is 7.99. The van der Waals surface area contributed by atoms with Gasteiger partial charge in [0, 0.05) is 78.8 Å². The summed E-state index contributed by atoms with van der Waals surface area (Å²) in [6.45, 7) is 20.9. The van der Waals surface area contributed by atoms with Crippen LogP contribution >= 0.6 is 11.8 Å². The van der Waals surface area contributed by atoms with Gasteiger partial charge in [0.1, 0.15) is 34.7 Å². The largest absolute Gasteiger partial charge is 0.477 e. The molecule has 18 atom stereocenters. The third-order valence-electron chi connectivity index (χ3n) is 16.9. The van der Waals surface area contributed by atoms with Gasteiger partial charge >= 0.3 is 18.0 Å². The van der Waals surface area contributed by atoms with Crippen molar-refractivity contribution in [3.8, 4) is 0 Å². The van der Waals surface area contributed by atoms with Crippen molar-refractivity contribution < 1.29 is 92.1 Å². The number of likely N-dealkylation sites (N-methyl/N-ethyl adjacent to an activating group) is 1. The number of esters is 1. The van der Waals surface area contributed by atoms with Crippen LogP contribution in [0.25, 0.3) is 10.9 Å². The minimum absolute atomic E-state index is 0.0266. The summed E-state index contributed by atoms with van der Waals surface area (Å²) in [5.41, 5.74) is -5.19. The summed E-state index contributed by atoms with van der Waals surface area (Å²) >= 11 is 1.43. The number of cyclic esters (lactones) is 1. The molecule has 4 aliphatic heterocycles. The number of alkyl carbamates (subject to hydrolysis) is 1. The molecular weight excluding hydrogens is 1100 g/mol. The Morgan fingerprint density at radius 1 is 0.940 bits per heavy atom. The summed E-state index contributed by atoms with van der Waals surface area (Å²) in [7, 11) is 6.58. The van der Waals surface area contributed by atoms with E-state index in [1.54, 1.807) is 66.0 Å². The molecule has 5 heterocycles. The van der Waals surface area contributed by atoms with E-state index >= 15 is 0 Å². The molecule has 6 rings (SSSR count). The Kier molecular flexibility index (Phi) is 23.1. The molecule has 1 unspecified atom stereocenters. The molecule has 24 nitrogen and oxygen atoms in total. The van der Waals surface area contributed by atoms with Crippen molar-refractivity contribution in [3.63, 3.8) is 0 Å². The Morgan fingerprint density at radius 3 is 2.28 bits per heavy atom. The lowest BCUT2D eigenvalue weighted by Gasteiger charge is -2.49. The van der Waals surface area contributed by atoms with Crippen molar-refractivity contribution in [2.45, 2.75) is 210 Å². The number of aliphatic hydroxyl groups excluding tert-OH is 2. The van der Waals surface area contributed by atoms with Gasteiger partial charge in [-0.1, -0.05) is 32.9 Å². The first-order valence-electron chi connectivity index (χ1n) is 28.6. The zero-order chi connectivity index (χ0) is 61.7. The van der Waals surface area contributed by atoms with Gasteiger partial charge in [-0.2, -0.15) is 0 Å². The predicted molar refractivity (Wildman–Crippen MR) is 305 cm³/mol. The zero-order valence-electron chi connectivity index (χ0n) is 51.1. The normalized spacial score (nSPS) is 36.8. The molecule has 0 bridgehead atoms. The number of aromatic carboxylic acids is 1. The van der Waals surface area contributed by atoms with Gasteiger partial charge in [0.15, 0.2) is 18.7 Å². The van der Waals surface area contributed by atoms with E-state index in [1.807, 2.05) is 45.8 Å². The zero-order valence-corrected chi connectivity index (χ0v) is 51.9. The fourth-order valence-corrected chi connectivity index (χ4v) is 13.1. The van der Waals surface area contributed by atoms with E-state index in [4.69, 9.17) is 52.2 Å². The summed E-state index contributed by atoms with van der Waals surface area (Å²) in [5.74, 6) is -5.30. The minimum atomic E-state index is -2.02. The van der Waals surface area contributed by atoms with Gasteiger partial charge in [0.25, 0.3) is 0 Å². The number of carbonyl (C=O) groups excluding carboxylic acids is 2. The van der Waals surface area contributed by atoms with Gasteiger partial charge in [0.05, 0.1) is 73.1 Å². The van der Waals surface area contributed by atoms with Crippen LogP contribution in [0.15, 0.2) is 33.2 Å². The van der Waals surface area contributed by atoms with E-state index in [9.17, 15) is 44.7 Å². The van der Waals surface area contributed by atoms with Crippen molar-refractivity contribution in [1.29, 1.82) is 0 Å². The van der Waals surface area contributed by atoms with Crippen LogP contribution in [0.2, 0.25) is 0 Å². The van der Waals surface area contributed by atoms with Crippen molar-refractivity contribution in [2.75, 3.05) is 60.6 Å². The molecule has 2 aromatic rings. The average molecular weight is 1200 g/mol. The Balaban J connectivity index is 1.18. The summed E-state index contributed by atoms with van der Waals surface area (Å²) < 4.78 is 63.3. The number of carboxylic acid groups (broad SMARTS) is 1. The number of nitrogens with one attached hydrogen (secondary N) is 1. The fraction of sp³-hybridized carbons (Fsp3) is 0.776. The number of methoxy groups -OCH3 is 2. The van der Waals surface area contributed by atoms with Crippen LogP contribution < -0.4 is 10.7 Å². The maximum Gasteiger partial charge on any atom is 0.407 e. The van der Waals surface area contributed by atoms with Crippen LogP contribution in [0.3, 0.4) is 0 Å². The van der Waals surface area contributed by atoms with Crippen molar-refractivity contribution >= 4 is 46.4 Å². The lowest BCUT2D eigenvalue weighted by Crippen LogP contribution is -2.61. The molecule has 470 valence electrons. The standard InChI is InChI=1S/C58H92N4O20S/c1-17-41-58(12,71)48(65)32(4)43(60-76-29-72-15)30(2)25-56(10,70)49(81-53-46(64)40(61(13)14)22-31(3)77-53)33(5)47(34(6)52(68)79-41)80-42-26-57(11,73-16)50(35(7)78-42)82-54(69)59-18-19-74-20-21-83-37-23-36-28-75-55(8,9)62-27-39(51(66)67)45(63)38(24-37)44(36)62/h23-24,27,30-35,40-42,46-50,53,64-65,70-71H,17-22,25-26,28-29H2,1-16H3,(H,59,69)(H,66,67)/t30-,31-,32+,33+,34-,35+,40+,41-,42+,46-,47+,48-,49-,50+,53?,56-,57-,58-/m1/s1. The number of rotatable bonds is 19. The van der Waals surface area contributed by atoms with Crippen LogP contribution in [0, 0.1) is 23.7 Å². The highest BCUT2D eigenvalue weighted by Gasteiger charge is 2.54. The molecule has 0 spiro atoms. The van der Waals surface area contributed by atoms with Gasteiger partial charge in [-0.3, -0.25) is 9.59 Å². The molecule has 83 heavy (non-hydrogen) atoms. The predicted octanol–water partition coefficient (Wildman–Crippen LogP) is 4.97. The molecule has 6 N–H and O–H groups in total. The maximum atomic E-state index is 14.7. The number of benzene rings is 1. The first kappa shape index (κ1) is 68.1. The minimum Gasteiger partial charge on any atom is -0.477 e. The number of hydrogen-bond donors (Lipinski definition) is 6. The van der Waals surface area contributed by atoms with Crippen LogP contribution in [0.5, 0.6) is 0 Å². The summed E-state index contributed by atoms with van der Waals surface area (Å²) in [4.78, 5) is 61.5. The number of carbonyl (C=O) groups is 3. The smallest absolute Gasteiger partial charge is 0.407 e. The molecular formula is C58H92N4O20S. The van der Waals surface area contributed by atoms with Gasteiger partial charge in [-0.25, -0.2) is 9.59 Å². The second-order valence-corrected chi connectivity index (χ2v) is 25.3. The second kappa shape index (κ2) is 28.2. The van der Waals surface area contributed by atoms with Gasteiger partial charge in [-0.05, 0) is 101 Å². The molecule has 1 amide bonds. The number of nitrogens with zero attached hydrogens (tertiary/aromatic N) is 3. The molecule has 1 aromatic heterocycles. The molecule has 3 fully saturated rings. The first-order chi connectivity index (χ1) is 38.8. The monoisotopic (exact) mass is 1200 g/mol. The molecule has 0 aliphatic carbocycles. The van der Waals surface area contributed by atoms with Crippen molar-refractivity contribution in [2.24, 2.45) is 28.8 Å². The number of aliphatic hydroxyl groups is 4. The number of ether oxygens (including phenoxy) is 10. The molecule has 4 aliphatic rings. The fourth-order valence-electron chi connectivity index (χ4n) is 12.3. The molecule has 0 saturated carbocycles. The quantitative estimate of drug-likeness (QED) is 0.0356. The number of pyridine rings is 1. The van der Waals surface area contributed by atoms with Gasteiger partial charge in [-0.15, -0.1) is 11.8 Å². The van der Waals surface area contributed by atoms with Crippen LogP contribution in [-0.4, -0.2) is 204 Å². The van der Waals surface area contributed by atoms with Crippen molar-refractivity contribution in [3.05, 3.63) is 39.7 Å². The summed E-state index contributed by atoms with van der Waals surface area (Å²) in [6.07, 6.45) is -9.94. The number of thioether (sulfide) groups is 1. The van der Waals surface area contributed by atoms with E-state index in [1.165, 1.54) is 39.1 Å². The molecule has 1 aromatic carbocycles. The molecule has 3 saturated heterocycles.